The van der Waals surface area contributed by atoms with Gasteiger partial charge < -0.3 is 9.84 Å². The van der Waals surface area contributed by atoms with Crippen molar-refractivity contribution in [3.63, 3.8) is 0 Å². The minimum Gasteiger partial charge on any atom is -0.485 e. The number of carbonyl (C=O) groups is 1. The van der Waals surface area contributed by atoms with E-state index in [9.17, 15) is 4.79 Å². The van der Waals surface area contributed by atoms with Gasteiger partial charge in [0.15, 0.2) is 5.82 Å². The Hall–Kier alpha value is -2.37. The first kappa shape index (κ1) is 13.1. The summed E-state index contributed by atoms with van der Waals surface area (Å²) in [6.07, 6.45) is 1.42. The van der Waals surface area contributed by atoms with Gasteiger partial charge in [-0.1, -0.05) is 18.2 Å². The zero-order valence-electron chi connectivity index (χ0n) is 10.6. The Kier molecular flexibility index (Phi) is 4.12. The summed E-state index contributed by atoms with van der Waals surface area (Å²) < 4.78 is 7.37. The molecule has 2 aromatic rings. The van der Waals surface area contributed by atoms with Gasteiger partial charge in [0.2, 0.25) is 0 Å². The number of para-hydroxylation sites is 1. The lowest BCUT2D eigenvalue weighted by molar-refractivity contribution is -0.136. The molecule has 0 spiro atoms. The van der Waals surface area contributed by atoms with Crippen molar-refractivity contribution in [2.45, 2.75) is 26.5 Å². The topological polar surface area (TPSA) is 77.2 Å². The van der Waals surface area contributed by atoms with Crippen molar-refractivity contribution in [1.29, 1.82) is 0 Å². The molecule has 0 aliphatic carbocycles. The van der Waals surface area contributed by atoms with Crippen LogP contribution in [0.2, 0.25) is 0 Å². The van der Waals surface area contributed by atoms with Gasteiger partial charge in [0.05, 0.1) is 6.42 Å². The van der Waals surface area contributed by atoms with E-state index in [4.69, 9.17) is 9.84 Å². The smallest absolute Gasteiger partial charge is 0.307 e. The maximum absolute atomic E-state index is 10.8. The SMILES string of the molecule is CCn1ncnc1COc1ccccc1CC(=O)O. The van der Waals surface area contributed by atoms with Crippen LogP contribution in [0.15, 0.2) is 30.6 Å². The molecule has 0 aliphatic rings. The lowest BCUT2D eigenvalue weighted by atomic mass is 10.1. The predicted molar refractivity (Wildman–Crippen MR) is 67.8 cm³/mol. The summed E-state index contributed by atoms with van der Waals surface area (Å²) in [6, 6.07) is 7.10. The Balaban J connectivity index is 2.09. The molecule has 100 valence electrons. The van der Waals surface area contributed by atoms with E-state index in [0.29, 0.717) is 17.1 Å². The lowest BCUT2D eigenvalue weighted by Crippen LogP contribution is -2.09. The van der Waals surface area contributed by atoms with E-state index in [1.807, 2.05) is 13.0 Å². The van der Waals surface area contributed by atoms with Crippen LogP contribution in [0.25, 0.3) is 0 Å². The summed E-state index contributed by atoms with van der Waals surface area (Å²) >= 11 is 0. The summed E-state index contributed by atoms with van der Waals surface area (Å²) in [5.74, 6) is 0.399. The number of nitrogens with zero attached hydrogens (tertiary/aromatic N) is 3. The minimum atomic E-state index is -0.882. The van der Waals surface area contributed by atoms with Crippen molar-refractivity contribution in [2.24, 2.45) is 0 Å². The number of aryl methyl sites for hydroxylation is 1. The van der Waals surface area contributed by atoms with E-state index in [2.05, 4.69) is 10.1 Å². The van der Waals surface area contributed by atoms with Crippen molar-refractivity contribution in [1.82, 2.24) is 14.8 Å². The zero-order chi connectivity index (χ0) is 13.7. The molecule has 0 bridgehead atoms. The fourth-order valence-corrected chi connectivity index (χ4v) is 1.76. The number of carboxylic acids is 1. The average molecular weight is 261 g/mol. The van der Waals surface area contributed by atoms with Gasteiger partial charge in [-0.25, -0.2) is 9.67 Å². The second-order valence-electron chi connectivity index (χ2n) is 3.96. The second-order valence-corrected chi connectivity index (χ2v) is 3.96. The number of hydrogen-bond acceptors (Lipinski definition) is 4. The van der Waals surface area contributed by atoms with Gasteiger partial charge >= 0.3 is 5.97 Å². The van der Waals surface area contributed by atoms with E-state index in [-0.39, 0.29) is 13.0 Å². The molecule has 0 saturated carbocycles. The van der Waals surface area contributed by atoms with Gasteiger partial charge in [-0.15, -0.1) is 0 Å². The third-order valence-corrected chi connectivity index (χ3v) is 2.67. The summed E-state index contributed by atoms with van der Waals surface area (Å²) in [4.78, 5) is 14.9. The molecule has 2 rings (SSSR count). The quantitative estimate of drug-likeness (QED) is 0.852. The maximum Gasteiger partial charge on any atom is 0.307 e. The minimum absolute atomic E-state index is 0.0589. The highest BCUT2D eigenvalue weighted by Gasteiger charge is 2.09. The van der Waals surface area contributed by atoms with Crippen molar-refractivity contribution < 1.29 is 14.6 Å². The first-order valence-corrected chi connectivity index (χ1v) is 6.00. The number of hydrogen-bond donors (Lipinski definition) is 1. The second kappa shape index (κ2) is 5.99. The van der Waals surface area contributed by atoms with Crippen LogP contribution >= 0.6 is 0 Å². The predicted octanol–water partition coefficient (Wildman–Crippen LogP) is 1.50. The molecule has 1 aromatic heterocycles. The lowest BCUT2D eigenvalue weighted by Gasteiger charge is -2.10. The van der Waals surface area contributed by atoms with Gasteiger partial charge in [-0.3, -0.25) is 4.79 Å². The van der Waals surface area contributed by atoms with Crippen molar-refractivity contribution in [2.75, 3.05) is 0 Å². The van der Waals surface area contributed by atoms with Gasteiger partial charge in [0.25, 0.3) is 0 Å². The number of carboxylic acid groups (broad SMARTS) is 1. The molecule has 0 radical (unpaired) electrons. The molecular weight excluding hydrogens is 246 g/mol. The Morgan fingerprint density at radius 3 is 2.95 bits per heavy atom. The van der Waals surface area contributed by atoms with Gasteiger partial charge in [0, 0.05) is 12.1 Å². The molecule has 19 heavy (non-hydrogen) atoms. The number of ether oxygens (including phenoxy) is 1. The van der Waals surface area contributed by atoms with Crippen LogP contribution in [-0.2, 0) is 24.4 Å². The Morgan fingerprint density at radius 1 is 1.42 bits per heavy atom. The highest BCUT2D eigenvalue weighted by molar-refractivity contribution is 5.71. The van der Waals surface area contributed by atoms with E-state index in [0.717, 1.165) is 6.54 Å². The monoisotopic (exact) mass is 261 g/mol. The van der Waals surface area contributed by atoms with Crippen LogP contribution in [0.4, 0.5) is 0 Å². The Morgan fingerprint density at radius 2 is 2.21 bits per heavy atom. The third kappa shape index (κ3) is 3.31. The molecule has 6 heteroatoms. The Labute approximate surface area is 110 Å². The van der Waals surface area contributed by atoms with E-state index >= 15 is 0 Å². The molecule has 0 saturated heterocycles. The van der Waals surface area contributed by atoms with E-state index < -0.39 is 5.97 Å². The highest BCUT2D eigenvalue weighted by atomic mass is 16.5. The molecular formula is C13H15N3O3. The molecule has 0 unspecified atom stereocenters. The summed E-state index contributed by atoms with van der Waals surface area (Å²) in [5, 5.41) is 12.9. The standard InChI is InChI=1S/C13H15N3O3/c1-2-16-12(14-9-15-16)8-19-11-6-4-3-5-10(11)7-13(17)18/h3-6,9H,2,7-8H2,1H3,(H,17,18). The number of rotatable bonds is 6. The first-order valence-electron chi connectivity index (χ1n) is 6.00. The molecule has 6 nitrogen and oxygen atoms in total. The van der Waals surface area contributed by atoms with Crippen molar-refractivity contribution >= 4 is 5.97 Å². The molecule has 1 aromatic carbocycles. The van der Waals surface area contributed by atoms with Crippen LogP contribution in [0.1, 0.15) is 18.3 Å². The van der Waals surface area contributed by atoms with Crippen LogP contribution in [0.3, 0.4) is 0 Å². The maximum atomic E-state index is 10.8. The first-order chi connectivity index (χ1) is 9.20. The normalized spacial score (nSPS) is 10.4. The summed E-state index contributed by atoms with van der Waals surface area (Å²) in [5.41, 5.74) is 0.651. The fourth-order valence-electron chi connectivity index (χ4n) is 1.76. The van der Waals surface area contributed by atoms with Gasteiger partial charge in [-0.05, 0) is 13.0 Å². The van der Waals surface area contributed by atoms with Gasteiger partial charge in [0.1, 0.15) is 18.7 Å². The summed E-state index contributed by atoms with van der Waals surface area (Å²) in [7, 11) is 0. The van der Waals surface area contributed by atoms with Gasteiger partial charge in [-0.2, -0.15) is 5.10 Å². The van der Waals surface area contributed by atoms with Crippen LogP contribution in [0.5, 0.6) is 5.75 Å². The fraction of sp³-hybridized carbons (Fsp3) is 0.308. The molecule has 0 fully saturated rings. The number of aliphatic carboxylic acids is 1. The van der Waals surface area contributed by atoms with Crippen molar-refractivity contribution in [3.05, 3.63) is 42.0 Å². The average Bonchev–Trinajstić information content (AvgIpc) is 2.84. The molecule has 1 heterocycles. The van der Waals surface area contributed by atoms with Crippen LogP contribution < -0.4 is 4.74 Å². The largest absolute Gasteiger partial charge is 0.485 e. The van der Waals surface area contributed by atoms with Crippen LogP contribution in [0, 0.1) is 0 Å². The van der Waals surface area contributed by atoms with E-state index in [1.165, 1.54) is 6.33 Å². The molecule has 0 amide bonds. The summed E-state index contributed by atoms with van der Waals surface area (Å²) in [6.45, 7) is 2.95. The molecule has 0 atom stereocenters. The highest BCUT2D eigenvalue weighted by Crippen LogP contribution is 2.19. The third-order valence-electron chi connectivity index (χ3n) is 2.67. The molecule has 1 N–H and O–H groups in total. The Bertz CT molecular complexity index is 566. The number of benzene rings is 1. The molecule has 0 aliphatic heterocycles. The van der Waals surface area contributed by atoms with Crippen molar-refractivity contribution in [3.8, 4) is 5.75 Å². The zero-order valence-corrected chi connectivity index (χ0v) is 10.6. The van der Waals surface area contributed by atoms with Crippen LogP contribution in [-0.4, -0.2) is 25.8 Å². The number of aromatic nitrogens is 3. The van der Waals surface area contributed by atoms with E-state index in [1.54, 1.807) is 22.9 Å².